The molecule has 1 atom stereocenters. The molecule has 3 fully saturated rings. The molecule has 0 saturated carbocycles. The standard InChI is InChI=1S/C29H36N2O3/c1-30-25(20-23-8-4-2-5-9-23)22-28(26(30)32)12-16-31(17-13-28)27(33)29(14-18-34-19-15-29)21-24-10-6-3-7-11-24/h2-11,25H,12-22H2,1H3/t25-/m0/s1. The quantitative estimate of drug-likeness (QED) is 0.675. The summed E-state index contributed by atoms with van der Waals surface area (Å²) in [6.45, 7) is 2.63. The minimum atomic E-state index is -0.392. The molecule has 0 N–H and O–H groups in total. The molecule has 0 bridgehead atoms. The third kappa shape index (κ3) is 4.38. The Hall–Kier alpha value is -2.66. The Balaban J connectivity index is 1.27. The van der Waals surface area contributed by atoms with Gasteiger partial charge in [-0.05, 0) is 56.1 Å². The summed E-state index contributed by atoms with van der Waals surface area (Å²) in [5.41, 5.74) is 1.78. The zero-order chi connectivity index (χ0) is 23.6. The van der Waals surface area contributed by atoms with Gasteiger partial charge in [0.2, 0.25) is 11.8 Å². The van der Waals surface area contributed by atoms with Crippen LogP contribution in [0.25, 0.3) is 0 Å². The lowest BCUT2D eigenvalue weighted by molar-refractivity contribution is -0.152. The van der Waals surface area contributed by atoms with Gasteiger partial charge in [-0.2, -0.15) is 0 Å². The van der Waals surface area contributed by atoms with Crippen LogP contribution >= 0.6 is 0 Å². The molecule has 3 saturated heterocycles. The third-order valence-electron chi connectivity index (χ3n) is 8.56. The maximum atomic E-state index is 13.9. The van der Waals surface area contributed by atoms with Gasteiger partial charge in [0.15, 0.2) is 0 Å². The van der Waals surface area contributed by atoms with Crippen LogP contribution < -0.4 is 0 Å². The van der Waals surface area contributed by atoms with E-state index in [2.05, 4.69) is 41.3 Å². The predicted octanol–water partition coefficient (Wildman–Crippen LogP) is 4.11. The molecule has 3 aliphatic rings. The van der Waals surface area contributed by atoms with Crippen molar-refractivity contribution in [1.29, 1.82) is 0 Å². The Bertz CT molecular complexity index is 993. The number of hydrogen-bond donors (Lipinski definition) is 0. The second-order valence-corrected chi connectivity index (χ2v) is 10.6. The molecule has 0 aliphatic carbocycles. The van der Waals surface area contributed by atoms with Crippen molar-refractivity contribution >= 4 is 11.8 Å². The van der Waals surface area contributed by atoms with Crippen LogP contribution in [-0.4, -0.2) is 61.0 Å². The molecule has 0 radical (unpaired) electrons. The van der Waals surface area contributed by atoms with Crippen molar-refractivity contribution in [3.8, 4) is 0 Å². The van der Waals surface area contributed by atoms with Crippen LogP contribution in [0.3, 0.4) is 0 Å². The van der Waals surface area contributed by atoms with E-state index in [1.165, 1.54) is 11.1 Å². The van der Waals surface area contributed by atoms with Crippen molar-refractivity contribution in [2.24, 2.45) is 10.8 Å². The Morgan fingerprint density at radius 1 is 0.912 bits per heavy atom. The Labute approximate surface area is 203 Å². The first kappa shape index (κ1) is 23.1. The van der Waals surface area contributed by atoms with Crippen LogP contribution in [0.15, 0.2) is 60.7 Å². The molecule has 3 heterocycles. The summed E-state index contributed by atoms with van der Waals surface area (Å²) in [4.78, 5) is 31.3. The maximum Gasteiger partial charge on any atom is 0.229 e. The summed E-state index contributed by atoms with van der Waals surface area (Å²) in [5, 5.41) is 0. The Morgan fingerprint density at radius 3 is 2.12 bits per heavy atom. The molecule has 34 heavy (non-hydrogen) atoms. The summed E-state index contributed by atoms with van der Waals surface area (Å²) < 4.78 is 5.64. The molecule has 5 rings (SSSR count). The summed E-state index contributed by atoms with van der Waals surface area (Å²) in [6, 6.07) is 21.0. The average molecular weight is 461 g/mol. The first-order valence-corrected chi connectivity index (χ1v) is 12.7. The van der Waals surface area contributed by atoms with Gasteiger partial charge in [0.05, 0.1) is 10.8 Å². The number of ether oxygens (including phenoxy) is 1. The van der Waals surface area contributed by atoms with E-state index < -0.39 is 5.41 Å². The molecule has 5 nitrogen and oxygen atoms in total. The highest BCUT2D eigenvalue weighted by Crippen LogP contribution is 2.46. The largest absolute Gasteiger partial charge is 0.381 e. The average Bonchev–Trinajstić information content (AvgIpc) is 3.10. The number of likely N-dealkylation sites (tertiary alicyclic amines) is 2. The van der Waals surface area contributed by atoms with Gasteiger partial charge < -0.3 is 14.5 Å². The van der Waals surface area contributed by atoms with E-state index in [0.717, 1.165) is 44.9 Å². The smallest absolute Gasteiger partial charge is 0.229 e. The Morgan fingerprint density at radius 2 is 1.50 bits per heavy atom. The number of likely N-dealkylation sites (N-methyl/N-ethyl adjacent to an activating group) is 1. The lowest BCUT2D eigenvalue weighted by Crippen LogP contribution is -2.53. The minimum Gasteiger partial charge on any atom is -0.381 e. The molecule has 1 spiro atoms. The first-order valence-electron chi connectivity index (χ1n) is 12.7. The van der Waals surface area contributed by atoms with Gasteiger partial charge in [-0.3, -0.25) is 9.59 Å². The summed E-state index contributed by atoms with van der Waals surface area (Å²) in [7, 11) is 1.96. The van der Waals surface area contributed by atoms with Gasteiger partial charge in [0.25, 0.3) is 0 Å². The highest BCUT2D eigenvalue weighted by Gasteiger charge is 2.53. The van der Waals surface area contributed by atoms with Gasteiger partial charge in [0, 0.05) is 39.4 Å². The molecule has 5 heteroatoms. The fourth-order valence-electron chi connectivity index (χ4n) is 6.42. The molecular weight excluding hydrogens is 424 g/mol. The van der Waals surface area contributed by atoms with Crippen LogP contribution in [-0.2, 0) is 27.2 Å². The van der Waals surface area contributed by atoms with E-state index in [4.69, 9.17) is 4.74 Å². The van der Waals surface area contributed by atoms with Gasteiger partial charge in [0.1, 0.15) is 0 Å². The number of piperidine rings is 1. The molecule has 2 amide bonds. The second kappa shape index (κ2) is 9.53. The van der Waals surface area contributed by atoms with Gasteiger partial charge in [-0.25, -0.2) is 0 Å². The molecule has 3 aliphatic heterocycles. The van der Waals surface area contributed by atoms with Crippen LogP contribution in [0, 0.1) is 10.8 Å². The van der Waals surface area contributed by atoms with Crippen molar-refractivity contribution in [1.82, 2.24) is 9.80 Å². The van der Waals surface area contributed by atoms with Gasteiger partial charge in [-0.15, -0.1) is 0 Å². The van der Waals surface area contributed by atoms with Crippen molar-refractivity contribution in [3.63, 3.8) is 0 Å². The fraction of sp³-hybridized carbons (Fsp3) is 0.517. The van der Waals surface area contributed by atoms with Crippen LogP contribution in [0.2, 0.25) is 0 Å². The van der Waals surface area contributed by atoms with E-state index in [1.54, 1.807) is 0 Å². The summed E-state index contributed by atoms with van der Waals surface area (Å²) in [6.07, 6.45) is 5.62. The first-order chi connectivity index (χ1) is 16.5. The van der Waals surface area contributed by atoms with E-state index in [0.29, 0.717) is 26.3 Å². The molecule has 0 unspecified atom stereocenters. The van der Waals surface area contributed by atoms with Crippen molar-refractivity contribution in [2.45, 2.75) is 51.0 Å². The zero-order valence-corrected chi connectivity index (χ0v) is 20.2. The maximum absolute atomic E-state index is 13.9. The minimum absolute atomic E-state index is 0.233. The lowest BCUT2D eigenvalue weighted by Gasteiger charge is -2.44. The van der Waals surface area contributed by atoms with Crippen molar-refractivity contribution < 1.29 is 14.3 Å². The SMILES string of the molecule is CN1C(=O)C2(CCN(C(=O)C3(Cc4ccccc4)CCOCC3)CC2)C[C@@H]1Cc1ccccc1. The van der Waals surface area contributed by atoms with Gasteiger partial charge in [-0.1, -0.05) is 60.7 Å². The van der Waals surface area contributed by atoms with E-state index in [-0.39, 0.29) is 23.3 Å². The molecular formula is C29H36N2O3. The number of amides is 2. The number of hydrogen-bond acceptors (Lipinski definition) is 3. The number of benzene rings is 2. The highest BCUT2D eigenvalue weighted by molar-refractivity contribution is 5.87. The highest BCUT2D eigenvalue weighted by atomic mass is 16.5. The normalized spacial score (nSPS) is 23.9. The van der Waals surface area contributed by atoms with E-state index in [1.807, 2.05) is 36.2 Å². The number of carbonyl (C=O) groups is 2. The summed E-state index contributed by atoms with van der Waals surface area (Å²) >= 11 is 0. The molecule has 2 aromatic rings. The lowest BCUT2D eigenvalue weighted by atomic mass is 9.72. The molecule has 0 aromatic heterocycles. The van der Waals surface area contributed by atoms with Crippen molar-refractivity contribution in [3.05, 3.63) is 71.8 Å². The predicted molar refractivity (Wildman–Crippen MR) is 132 cm³/mol. The van der Waals surface area contributed by atoms with Crippen molar-refractivity contribution in [2.75, 3.05) is 33.4 Å². The number of nitrogens with zero attached hydrogens (tertiary/aromatic N) is 2. The zero-order valence-electron chi connectivity index (χ0n) is 20.2. The topological polar surface area (TPSA) is 49.9 Å². The number of rotatable bonds is 5. The number of carbonyl (C=O) groups excluding carboxylic acids is 2. The monoisotopic (exact) mass is 460 g/mol. The van der Waals surface area contributed by atoms with Crippen LogP contribution in [0.4, 0.5) is 0 Å². The molecule has 2 aromatic carbocycles. The Kier molecular flexibility index (Phi) is 6.48. The van der Waals surface area contributed by atoms with Crippen LogP contribution in [0.1, 0.15) is 43.2 Å². The van der Waals surface area contributed by atoms with Gasteiger partial charge >= 0.3 is 0 Å². The van der Waals surface area contributed by atoms with E-state index in [9.17, 15) is 9.59 Å². The molecule has 180 valence electrons. The third-order valence-corrected chi connectivity index (χ3v) is 8.56. The van der Waals surface area contributed by atoms with Crippen LogP contribution in [0.5, 0.6) is 0 Å². The summed E-state index contributed by atoms with van der Waals surface area (Å²) in [5.74, 6) is 0.528. The fourth-order valence-corrected chi connectivity index (χ4v) is 6.42. The van der Waals surface area contributed by atoms with E-state index >= 15 is 0 Å². The second-order valence-electron chi connectivity index (χ2n) is 10.6.